The number of carbonyl (C=O) groups is 2. The molecule has 30 heavy (non-hydrogen) atoms. The minimum Gasteiger partial charge on any atom is -0.484 e. The van der Waals surface area contributed by atoms with Gasteiger partial charge < -0.3 is 15.0 Å². The van der Waals surface area contributed by atoms with Gasteiger partial charge in [0, 0.05) is 13.1 Å². The molecule has 0 aromatic heterocycles. The molecule has 0 saturated carbocycles. The number of nitrogens with zero attached hydrogens (tertiary/aromatic N) is 1. The van der Waals surface area contributed by atoms with Crippen LogP contribution < -0.4 is 10.1 Å². The second-order valence-corrected chi connectivity index (χ2v) is 8.54. The number of rotatable bonds is 9. The molecular formula is C25H34N2O3. The topological polar surface area (TPSA) is 58.6 Å². The van der Waals surface area contributed by atoms with Crippen LogP contribution in [0.1, 0.15) is 52.2 Å². The van der Waals surface area contributed by atoms with Crippen LogP contribution in [0.5, 0.6) is 5.75 Å². The third kappa shape index (κ3) is 6.90. The Hall–Kier alpha value is -2.82. The van der Waals surface area contributed by atoms with Gasteiger partial charge in [0.05, 0.1) is 0 Å². The summed E-state index contributed by atoms with van der Waals surface area (Å²) in [4.78, 5) is 27.1. The van der Waals surface area contributed by atoms with Crippen LogP contribution in [-0.4, -0.2) is 35.9 Å². The molecule has 2 aromatic rings. The molecule has 162 valence electrons. The smallest absolute Gasteiger partial charge is 0.261 e. The van der Waals surface area contributed by atoms with E-state index in [0.717, 1.165) is 12.0 Å². The third-order valence-corrected chi connectivity index (χ3v) is 4.99. The Labute approximate surface area is 180 Å². The van der Waals surface area contributed by atoms with Gasteiger partial charge in [-0.2, -0.15) is 0 Å². The zero-order chi connectivity index (χ0) is 22.1. The summed E-state index contributed by atoms with van der Waals surface area (Å²) < 4.78 is 5.74. The van der Waals surface area contributed by atoms with Gasteiger partial charge in [-0.15, -0.1) is 0 Å². The molecule has 2 rings (SSSR count). The molecule has 0 fully saturated rings. The monoisotopic (exact) mass is 410 g/mol. The Morgan fingerprint density at radius 1 is 1.03 bits per heavy atom. The minimum atomic E-state index is -0.587. The van der Waals surface area contributed by atoms with E-state index in [-0.39, 0.29) is 23.8 Å². The number of hydrogen-bond acceptors (Lipinski definition) is 3. The van der Waals surface area contributed by atoms with Crippen LogP contribution in [0.4, 0.5) is 0 Å². The van der Waals surface area contributed by atoms with Crippen molar-refractivity contribution in [2.24, 2.45) is 0 Å². The molecule has 2 amide bonds. The van der Waals surface area contributed by atoms with Crippen LogP contribution in [0.25, 0.3) is 0 Å². The lowest BCUT2D eigenvalue weighted by Gasteiger charge is -2.28. The first-order valence-corrected chi connectivity index (χ1v) is 10.6. The summed E-state index contributed by atoms with van der Waals surface area (Å²) in [7, 11) is 0. The first kappa shape index (κ1) is 23.5. The lowest BCUT2D eigenvalue weighted by atomic mass is 9.87. The van der Waals surface area contributed by atoms with Gasteiger partial charge in [0.1, 0.15) is 11.8 Å². The maximum atomic E-state index is 13.0. The zero-order valence-electron chi connectivity index (χ0n) is 18.8. The van der Waals surface area contributed by atoms with Gasteiger partial charge in [-0.25, -0.2) is 0 Å². The van der Waals surface area contributed by atoms with Crippen molar-refractivity contribution in [2.45, 2.75) is 59.0 Å². The van der Waals surface area contributed by atoms with Crippen LogP contribution >= 0.6 is 0 Å². The van der Waals surface area contributed by atoms with Crippen molar-refractivity contribution in [3.05, 3.63) is 65.7 Å². The van der Waals surface area contributed by atoms with Crippen molar-refractivity contribution in [2.75, 3.05) is 13.2 Å². The average molecular weight is 411 g/mol. The van der Waals surface area contributed by atoms with Crippen LogP contribution in [0, 0.1) is 0 Å². The highest BCUT2D eigenvalue weighted by atomic mass is 16.5. The van der Waals surface area contributed by atoms with Crippen molar-refractivity contribution < 1.29 is 14.3 Å². The molecule has 0 bridgehead atoms. The molecule has 1 N–H and O–H groups in total. The molecule has 0 heterocycles. The lowest BCUT2D eigenvalue weighted by molar-refractivity contribution is -0.142. The fourth-order valence-corrected chi connectivity index (χ4v) is 3.04. The normalized spacial score (nSPS) is 12.2. The minimum absolute atomic E-state index is 0.0577. The van der Waals surface area contributed by atoms with Gasteiger partial charge >= 0.3 is 0 Å². The van der Waals surface area contributed by atoms with Crippen LogP contribution in [0.3, 0.4) is 0 Å². The lowest BCUT2D eigenvalue weighted by Crippen LogP contribution is -2.49. The summed E-state index contributed by atoms with van der Waals surface area (Å²) in [5.41, 5.74) is 2.23. The first-order valence-electron chi connectivity index (χ1n) is 10.6. The Morgan fingerprint density at radius 3 is 2.23 bits per heavy atom. The molecule has 0 aliphatic carbocycles. The van der Waals surface area contributed by atoms with Gasteiger partial charge in [0.25, 0.3) is 5.91 Å². The second-order valence-electron chi connectivity index (χ2n) is 8.54. The number of benzene rings is 2. The average Bonchev–Trinajstić information content (AvgIpc) is 2.74. The van der Waals surface area contributed by atoms with E-state index in [1.54, 1.807) is 11.8 Å². The molecule has 0 aliphatic rings. The Kier molecular flexibility index (Phi) is 8.46. The highest BCUT2D eigenvalue weighted by Crippen LogP contribution is 2.24. The number of amides is 2. The predicted octanol–water partition coefficient (Wildman–Crippen LogP) is 4.31. The van der Waals surface area contributed by atoms with Crippen LogP contribution in [0.2, 0.25) is 0 Å². The summed E-state index contributed by atoms with van der Waals surface area (Å²) >= 11 is 0. The van der Waals surface area contributed by atoms with Crippen LogP contribution in [0.15, 0.2) is 54.6 Å². The summed E-state index contributed by atoms with van der Waals surface area (Å²) in [5.74, 6) is 0.257. The van der Waals surface area contributed by atoms with Gasteiger partial charge in [0.2, 0.25) is 5.91 Å². The number of carbonyl (C=O) groups excluding carboxylic acids is 2. The van der Waals surface area contributed by atoms with E-state index in [1.165, 1.54) is 5.56 Å². The predicted molar refractivity (Wildman–Crippen MR) is 120 cm³/mol. The van der Waals surface area contributed by atoms with Gasteiger partial charge in [-0.05, 0) is 42.0 Å². The molecule has 5 nitrogen and oxygen atoms in total. The van der Waals surface area contributed by atoms with E-state index in [4.69, 9.17) is 4.74 Å². The molecule has 1 atom stereocenters. The van der Waals surface area contributed by atoms with E-state index in [1.807, 2.05) is 61.5 Å². The third-order valence-electron chi connectivity index (χ3n) is 4.99. The van der Waals surface area contributed by atoms with Crippen molar-refractivity contribution >= 4 is 11.8 Å². The highest BCUT2D eigenvalue weighted by molar-refractivity contribution is 5.87. The summed E-state index contributed by atoms with van der Waals surface area (Å²) in [6.45, 7) is 11.0. The first-order chi connectivity index (χ1) is 14.2. The fourth-order valence-electron chi connectivity index (χ4n) is 3.04. The Morgan fingerprint density at radius 2 is 1.67 bits per heavy atom. The molecule has 0 saturated heterocycles. The second kappa shape index (κ2) is 10.8. The van der Waals surface area contributed by atoms with Crippen molar-refractivity contribution in [1.29, 1.82) is 0 Å². The summed E-state index contributed by atoms with van der Waals surface area (Å²) in [6.07, 6.45) is 0.846. The zero-order valence-corrected chi connectivity index (χ0v) is 18.8. The molecular weight excluding hydrogens is 376 g/mol. The van der Waals surface area contributed by atoms with Gasteiger partial charge in [0.15, 0.2) is 6.61 Å². The molecule has 2 aromatic carbocycles. The van der Waals surface area contributed by atoms with Crippen molar-refractivity contribution in [1.82, 2.24) is 10.2 Å². The fraction of sp³-hybridized carbons (Fsp3) is 0.440. The van der Waals surface area contributed by atoms with E-state index < -0.39 is 6.04 Å². The van der Waals surface area contributed by atoms with Crippen molar-refractivity contribution in [3.63, 3.8) is 0 Å². The summed E-state index contributed by atoms with van der Waals surface area (Å²) in [5, 5.41) is 2.87. The van der Waals surface area contributed by atoms with Gasteiger partial charge in [-0.3, -0.25) is 9.59 Å². The number of ether oxygens (including phenoxy) is 1. The van der Waals surface area contributed by atoms with E-state index in [0.29, 0.717) is 18.8 Å². The van der Waals surface area contributed by atoms with E-state index in [9.17, 15) is 9.59 Å². The summed E-state index contributed by atoms with van der Waals surface area (Å²) in [6, 6.07) is 16.9. The molecule has 0 spiro atoms. The Bertz CT molecular complexity index is 811. The molecule has 0 aliphatic heterocycles. The highest BCUT2D eigenvalue weighted by Gasteiger charge is 2.26. The largest absolute Gasteiger partial charge is 0.484 e. The SMILES string of the molecule is CCCNC(=O)[C@@H](C)N(Cc1ccccc1)C(=O)COc1ccc(C(C)(C)C)cc1. The maximum absolute atomic E-state index is 13.0. The van der Waals surface area contributed by atoms with Crippen LogP contribution in [-0.2, 0) is 21.5 Å². The quantitative estimate of drug-likeness (QED) is 0.670. The standard InChI is InChI=1S/C25H34N2O3/c1-6-16-26-24(29)19(2)27(17-20-10-8-7-9-11-20)23(28)18-30-22-14-12-21(13-15-22)25(3,4)5/h7-15,19H,6,16-18H2,1-5H3,(H,26,29)/t19-/m1/s1. The maximum Gasteiger partial charge on any atom is 0.261 e. The van der Waals surface area contributed by atoms with Crippen molar-refractivity contribution in [3.8, 4) is 5.75 Å². The van der Waals surface area contributed by atoms with E-state index >= 15 is 0 Å². The number of hydrogen-bond donors (Lipinski definition) is 1. The molecule has 0 unspecified atom stereocenters. The Balaban J connectivity index is 2.08. The van der Waals surface area contributed by atoms with Gasteiger partial charge in [-0.1, -0.05) is 70.2 Å². The molecule has 5 heteroatoms. The van der Waals surface area contributed by atoms with E-state index in [2.05, 4.69) is 26.1 Å². The molecule has 0 radical (unpaired) electrons. The number of nitrogens with one attached hydrogen (secondary N) is 1.